The number of halogens is 1. The number of nitrogens with one attached hydrogen (secondary N) is 2. The summed E-state index contributed by atoms with van der Waals surface area (Å²) >= 11 is 0. The largest absolute Gasteiger partial charge is 0.357 e. The molecule has 0 bridgehead atoms. The van der Waals surface area contributed by atoms with Crippen molar-refractivity contribution in [3.8, 4) is 0 Å². The number of hydrogen-bond acceptors (Lipinski definition) is 1. The molecule has 0 saturated carbocycles. The molecule has 76 valence electrons. The number of para-hydroxylation sites is 1. The van der Waals surface area contributed by atoms with Crippen LogP contribution in [0.2, 0.25) is 0 Å². The van der Waals surface area contributed by atoms with Crippen molar-refractivity contribution in [2.75, 3.05) is 7.05 Å². The van der Waals surface area contributed by atoms with Crippen LogP contribution in [-0.4, -0.2) is 12.0 Å². The molecule has 0 radical (unpaired) electrons. The number of aryl methyl sites for hydroxylation is 1. The predicted molar refractivity (Wildman–Crippen MR) is 63.0 cm³/mol. The van der Waals surface area contributed by atoms with E-state index >= 15 is 0 Å². The molecule has 2 nitrogen and oxygen atoms in total. The first-order chi connectivity index (χ1) is 6.33. The molecular formula is C11H15ClN2. The van der Waals surface area contributed by atoms with Gasteiger partial charge in [0.25, 0.3) is 0 Å². The van der Waals surface area contributed by atoms with Crippen LogP contribution in [0, 0.1) is 6.92 Å². The van der Waals surface area contributed by atoms with Crippen LogP contribution >= 0.6 is 12.4 Å². The van der Waals surface area contributed by atoms with Gasteiger partial charge in [0.2, 0.25) is 0 Å². The Kier molecular flexibility index (Phi) is 3.55. The van der Waals surface area contributed by atoms with Gasteiger partial charge in [0.1, 0.15) is 0 Å². The fourth-order valence-electron chi connectivity index (χ4n) is 1.69. The molecule has 0 aliphatic rings. The lowest BCUT2D eigenvalue weighted by Gasteiger charge is -1.96. The summed E-state index contributed by atoms with van der Waals surface area (Å²) in [4.78, 5) is 3.40. The lowest BCUT2D eigenvalue weighted by molar-refractivity contribution is 0.794. The SMILES string of the molecule is CNCc1[nH]c2ccccc2c1C.Cl. The van der Waals surface area contributed by atoms with Crippen LogP contribution < -0.4 is 5.32 Å². The third kappa shape index (κ3) is 1.76. The third-order valence-corrected chi connectivity index (χ3v) is 2.42. The average molecular weight is 211 g/mol. The van der Waals surface area contributed by atoms with Crippen LogP contribution in [0.5, 0.6) is 0 Å². The summed E-state index contributed by atoms with van der Waals surface area (Å²) in [5.41, 5.74) is 3.86. The van der Waals surface area contributed by atoms with Crippen LogP contribution in [0.15, 0.2) is 24.3 Å². The Hall–Kier alpha value is -0.990. The molecule has 1 aromatic carbocycles. The highest BCUT2D eigenvalue weighted by molar-refractivity contribution is 5.85. The highest BCUT2D eigenvalue weighted by atomic mass is 35.5. The van der Waals surface area contributed by atoms with Crippen LogP contribution in [-0.2, 0) is 6.54 Å². The van der Waals surface area contributed by atoms with Crippen LogP contribution in [0.25, 0.3) is 10.9 Å². The smallest absolute Gasteiger partial charge is 0.0459 e. The number of aromatic amines is 1. The van der Waals surface area contributed by atoms with Crippen molar-refractivity contribution in [3.63, 3.8) is 0 Å². The molecular weight excluding hydrogens is 196 g/mol. The summed E-state index contributed by atoms with van der Waals surface area (Å²) < 4.78 is 0. The zero-order valence-corrected chi connectivity index (χ0v) is 9.24. The van der Waals surface area contributed by atoms with Crippen molar-refractivity contribution in [1.82, 2.24) is 10.3 Å². The Balaban J connectivity index is 0.000000980. The second kappa shape index (κ2) is 4.49. The first-order valence-corrected chi connectivity index (χ1v) is 4.53. The Morgan fingerprint density at radius 2 is 2.00 bits per heavy atom. The van der Waals surface area contributed by atoms with Gasteiger partial charge in [-0.05, 0) is 25.6 Å². The topological polar surface area (TPSA) is 27.8 Å². The molecule has 2 N–H and O–H groups in total. The monoisotopic (exact) mass is 210 g/mol. The molecule has 2 rings (SSSR count). The second-order valence-electron chi connectivity index (χ2n) is 3.30. The zero-order valence-electron chi connectivity index (χ0n) is 8.42. The first-order valence-electron chi connectivity index (χ1n) is 4.53. The van der Waals surface area contributed by atoms with E-state index in [1.807, 2.05) is 7.05 Å². The normalized spacial score (nSPS) is 10.1. The lowest BCUT2D eigenvalue weighted by atomic mass is 10.1. The maximum atomic E-state index is 3.40. The van der Waals surface area contributed by atoms with Gasteiger partial charge in [-0.25, -0.2) is 0 Å². The summed E-state index contributed by atoms with van der Waals surface area (Å²) in [6, 6.07) is 8.40. The number of fused-ring (bicyclic) bond motifs is 1. The summed E-state index contributed by atoms with van der Waals surface area (Å²) in [6.45, 7) is 3.06. The Labute approximate surface area is 90.1 Å². The standard InChI is InChI=1S/C11H14N2.ClH/c1-8-9-5-3-4-6-10(9)13-11(8)7-12-2;/h3-6,12-13H,7H2,1-2H3;1H. The van der Waals surface area contributed by atoms with E-state index in [4.69, 9.17) is 0 Å². The molecule has 0 amide bonds. The molecule has 0 fully saturated rings. The van der Waals surface area contributed by atoms with Gasteiger partial charge in [-0.3, -0.25) is 0 Å². The van der Waals surface area contributed by atoms with E-state index in [1.54, 1.807) is 0 Å². The molecule has 1 aromatic heterocycles. The minimum atomic E-state index is 0. The quantitative estimate of drug-likeness (QED) is 0.784. The van der Waals surface area contributed by atoms with Crippen molar-refractivity contribution in [1.29, 1.82) is 0 Å². The zero-order chi connectivity index (χ0) is 9.26. The highest BCUT2D eigenvalue weighted by Gasteiger charge is 2.04. The molecule has 0 aliphatic carbocycles. The van der Waals surface area contributed by atoms with Gasteiger partial charge in [-0.2, -0.15) is 0 Å². The van der Waals surface area contributed by atoms with E-state index in [2.05, 4.69) is 41.5 Å². The van der Waals surface area contributed by atoms with E-state index in [0.29, 0.717) is 0 Å². The second-order valence-corrected chi connectivity index (χ2v) is 3.30. The maximum absolute atomic E-state index is 3.40. The van der Waals surface area contributed by atoms with Crippen molar-refractivity contribution < 1.29 is 0 Å². The van der Waals surface area contributed by atoms with Gasteiger partial charge in [0, 0.05) is 23.1 Å². The van der Waals surface area contributed by atoms with Gasteiger partial charge in [0.15, 0.2) is 0 Å². The van der Waals surface area contributed by atoms with Gasteiger partial charge in [0.05, 0.1) is 0 Å². The van der Waals surface area contributed by atoms with Crippen molar-refractivity contribution in [3.05, 3.63) is 35.5 Å². The fraction of sp³-hybridized carbons (Fsp3) is 0.273. The number of aromatic nitrogens is 1. The van der Waals surface area contributed by atoms with Gasteiger partial charge < -0.3 is 10.3 Å². The minimum Gasteiger partial charge on any atom is -0.357 e. The first kappa shape index (κ1) is 11.1. The average Bonchev–Trinajstić information content (AvgIpc) is 2.46. The highest BCUT2D eigenvalue weighted by Crippen LogP contribution is 2.20. The van der Waals surface area contributed by atoms with E-state index < -0.39 is 0 Å². The Morgan fingerprint density at radius 1 is 1.29 bits per heavy atom. The number of rotatable bonds is 2. The minimum absolute atomic E-state index is 0. The van der Waals surface area contributed by atoms with E-state index in [9.17, 15) is 0 Å². The van der Waals surface area contributed by atoms with Crippen molar-refractivity contribution in [2.24, 2.45) is 0 Å². The number of benzene rings is 1. The molecule has 0 spiro atoms. The van der Waals surface area contributed by atoms with Gasteiger partial charge in [-0.1, -0.05) is 18.2 Å². The molecule has 0 unspecified atom stereocenters. The maximum Gasteiger partial charge on any atom is 0.0459 e. The molecule has 3 heteroatoms. The molecule has 1 heterocycles. The molecule has 0 aliphatic heterocycles. The fourth-order valence-corrected chi connectivity index (χ4v) is 1.69. The molecule has 14 heavy (non-hydrogen) atoms. The van der Waals surface area contributed by atoms with Crippen LogP contribution in [0.1, 0.15) is 11.3 Å². The van der Waals surface area contributed by atoms with E-state index in [-0.39, 0.29) is 12.4 Å². The number of hydrogen-bond donors (Lipinski definition) is 2. The molecule has 2 aromatic rings. The Morgan fingerprint density at radius 3 is 2.64 bits per heavy atom. The summed E-state index contributed by atoms with van der Waals surface area (Å²) in [6.07, 6.45) is 0. The predicted octanol–water partition coefficient (Wildman–Crippen LogP) is 2.62. The molecule has 0 atom stereocenters. The summed E-state index contributed by atoms with van der Waals surface area (Å²) in [5, 5.41) is 4.48. The summed E-state index contributed by atoms with van der Waals surface area (Å²) in [7, 11) is 1.96. The van der Waals surface area contributed by atoms with Crippen molar-refractivity contribution in [2.45, 2.75) is 13.5 Å². The van der Waals surface area contributed by atoms with Crippen LogP contribution in [0.3, 0.4) is 0 Å². The Bertz CT molecular complexity index is 420. The van der Waals surface area contributed by atoms with E-state index in [1.165, 1.54) is 22.2 Å². The summed E-state index contributed by atoms with van der Waals surface area (Å²) in [5.74, 6) is 0. The van der Waals surface area contributed by atoms with E-state index in [0.717, 1.165) is 6.54 Å². The van der Waals surface area contributed by atoms with Gasteiger partial charge in [-0.15, -0.1) is 12.4 Å². The van der Waals surface area contributed by atoms with Crippen molar-refractivity contribution >= 4 is 23.3 Å². The molecule has 0 saturated heterocycles. The third-order valence-electron chi connectivity index (χ3n) is 2.42. The van der Waals surface area contributed by atoms with Gasteiger partial charge >= 0.3 is 0 Å². The number of H-pyrrole nitrogens is 1. The lowest BCUT2D eigenvalue weighted by Crippen LogP contribution is -2.06. The van der Waals surface area contributed by atoms with Crippen LogP contribution in [0.4, 0.5) is 0 Å².